The molecule has 0 aromatic carbocycles. The average Bonchev–Trinajstić information content (AvgIpc) is 2.88. The van der Waals surface area contributed by atoms with Gasteiger partial charge >= 0.3 is 5.97 Å². The van der Waals surface area contributed by atoms with Crippen LogP contribution in [0, 0.1) is 0 Å². The van der Waals surface area contributed by atoms with Crippen molar-refractivity contribution in [1.29, 1.82) is 0 Å². The van der Waals surface area contributed by atoms with Gasteiger partial charge in [0.25, 0.3) is 0 Å². The molecule has 0 saturated carbocycles. The summed E-state index contributed by atoms with van der Waals surface area (Å²) in [6, 6.07) is 3.71. The quantitative estimate of drug-likeness (QED) is 0.0948. The number of hydrogen-bond donors (Lipinski definition) is 2. The summed E-state index contributed by atoms with van der Waals surface area (Å²) < 4.78 is 11.0. The number of aliphatic imine (C=N–C) groups is 1. The minimum absolute atomic E-state index is 0.309. The molecule has 1 unspecified atom stereocenters. The van der Waals surface area contributed by atoms with Gasteiger partial charge in [-0.15, -0.1) is 0 Å². The lowest BCUT2D eigenvalue weighted by molar-refractivity contribution is -0.156. The number of carbonyl (C=O) groups is 1. The highest BCUT2D eigenvalue weighted by atomic mass is 16.6. The fourth-order valence-corrected chi connectivity index (χ4v) is 3.82. The van der Waals surface area contributed by atoms with E-state index in [1.807, 2.05) is 47.9 Å². The van der Waals surface area contributed by atoms with Crippen molar-refractivity contribution in [3.05, 3.63) is 47.8 Å². The first-order valence-corrected chi connectivity index (χ1v) is 13.7. The first-order valence-electron chi connectivity index (χ1n) is 13.7. The molecule has 38 heavy (non-hydrogen) atoms. The zero-order chi connectivity index (χ0) is 28.6. The third kappa shape index (κ3) is 13.7. The van der Waals surface area contributed by atoms with Crippen LogP contribution in [0.2, 0.25) is 0 Å². The molecule has 0 radical (unpaired) electrons. The lowest BCUT2D eigenvalue weighted by atomic mass is 10.1. The number of nitrogens with one attached hydrogen (secondary N) is 2. The van der Waals surface area contributed by atoms with E-state index < -0.39 is 11.6 Å². The monoisotopic (exact) mass is 529 g/mol. The molecule has 0 aliphatic rings. The Kier molecular flexibility index (Phi) is 15.5. The number of aryl methyl sites for hydroxylation is 2. The largest absolute Gasteiger partial charge is 0.458 e. The first kappa shape index (κ1) is 33.3. The number of esters is 1. The Morgan fingerprint density at radius 3 is 2.55 bits per heavy atom. The third-order valence-corrected chi connectivity index (χ3v) is 6.00. The second kappa shape index (κ2) is 17.7. The summed E-state index contributed by atoms with van der Waals surface area (Å²) in [4.78, 5) is 24.8. The molecule has 0 aliphatic carbocycles. The molecule has 2 N–H and O–H groups in total. The highest BCUT2D eigenvalue weighted by Crippen LogP contribution is 2.16. The summed E-state index contributed by atoms with van der Waals surface area (Å²) >= 11 is 0. The molecule has 1 atom stereocenters. The number of anilines is 1. The van der Waals surface area contributed by atoms with Crippen LogP contribution >= 0.6 is 0 Å². The van der Waals surface area contributed by atoms with Gasteiger partial charge < -0.3 is 25.0 Å². The molecule has 1 aromatic rings. The molecule has 0 amide bonds. The number of rotatable bonds is 17. The summed E-state index contributed by atoms with van der Waals surface area (Å²) in [5, 5.41) is 6.35. The van der Waals surface area contributed by atoms with Crippen molar-refractivity contribution in [1.82, 2.24) is 15.2 Å². The molecule has 0 fully saturated rings. The van der Waals surface area contributed by atoms with E-state index >= 15 is 0 Å². The maximum atomic E-state index is 13.0. The maximum absolute atomic E-state index is 13.0. The highest BCUT2D eigenvalue weighted by Gasteiger charge is 2.25. The molecule has 1 rings (SSSR count). The maximum Gasteiger partial charge on any atom is 0.331 e. The number of carbonyl (C=O) groups excluding carboxylic acids is 1. The number of hydrogen-bond acceptors (Lipinski definition) is 7. The zero-order valence-corrected chi connectivity index (χ0v) is 25.0. The average molecular weight is 530 g/mol. The van der Waals surface area contributed by atoms with Crippen molar-refractivity contribution in [2.24, 2.45) is 4.99 Å². The van der Waals surface area contributed by atoms with Crippen molar-refractivity contribution >= 4 is 17.6 Å². The summed E-state index contributed by atoms with van der Waals surface area (Å²) in [6.45, 7) is 18.4. The van der Waals surface area contributed by atoms with E-state index in [4.69, 9.17) is 14.5 Å². The van der Waals surface area contributed by atoms with Crippen LogP contribution in [0.15, 0.2) is 41.6 Å². The molecule has 8 heteroatoms. The van der Waals surface area contributed by atoms with E-state index in [-0.39, 0.29) is 5.97 Å². The Balaban J connectivity index is 2.81. The Morgan fingerprint density at radius 2 is 1.95 bits per heavy atom. The van der Waals surface area contributed by atoms with Crippen LogP contribution in [-0.4, -0.2) is 73.7 Å². The Hall–Kier alpha value is -2.71. The van der Waals surface area contributed by atoms with E-state index in [9.17, 15) is 4.79 Å². The molecular weight excluding hydrogens is 478 g/mol. The number of methoxy groups -OCH3 is 1. The van der Waals surface area contributed by atoms with Crippen LogP contribution in [0.5, 0.6) is 0 Å². The molecule has 8 nitrogen and oxygen atoms in total. The predicted octanol–water partition coefficient (Wildman–Crippen LogP) is 5.16. The van der Waals surface area contributed by atoms with Crippen molar-refractivity contribution in [2.75, 3.05) is 45.7 Å². The standard InChI is InChI=1S/C30H51N5O3/c1-10-23(3)22-32-24(4)33-27(29(36)38-30(5,6)7)17-19-35(20-21-37-9)18-13-12-14-26-16-15-25(11-2)28(31-8)34-26/h10,15-16,22,27H,1,11-14,17-21H2,2-9H3,(H,31,34)(H,32,33)/b23-22-. The van der Waals surface area contributed by atoms with Gasteiger partial charge in [0.1, 0.15) is 11.4 Å². The minimum atomic E-state index is -0.592. The van der Waals surface area contributed by atoms with Gasteiger partial charge in [-0.1, -0.05) is 25.6 Å². The Bertz CT molecular complexity index is 921. The second-order valence-electron chi connectivity index (χ2n) is 10.5. The van der Waals surface area contributed by atoms with Gasteiger partial charge in [0, 0.05) is 39.1 Å². The van der Waals surface area contributed by atoms with Gasteiger partial charge in [-0.05, 0) is 90.5 Å². The number of unbranched alkanes of at least 4 members (excludes halogenated alkanes) is 1. The normalized spacial score (nSPS) is 13.4. The van der Waals surface area contributed by atoms with E-state index in [1.54, 1.807) is 13.2 Å². The Labute approximate surface area is 231 Å². The van der Waals surface area contributed by atoms with Gasteiger partial charge in [-0.25, -0.2) is 9.78 Å². The predicted molar refractivity (Wildman–Crippen MR) is 159 cm³/mol. The fourth-order valence-electron chi connectivity index (χ4n) is 3.82. The van der Waals surface area contributed by atoms with Crippen LogP contribution in [0.3, 0.4) is 0 Å². The first-order chi connectivity index (χ1) is 18.0. The van der Waals surface area contributed by atoms with Crippen LogP contribution in [0.25, 0.3) is 0 Å². The molecule has 1 aromatic heterocycles. The molecule has 0 saturated heterocycles. The Morgan fingerprint density at radius 1 is 1.21 bits per heavy atom. The van der Waals surface area contributed by atoms with Crippen LogP contribution < -0.4 is 10.6 Å². The summed E-state index contributed by atoms with van der Waals surface area (Å²) in [5.74, 6) is 1.32. The minimum Gasteiger partial charge on any atom is -0.458 e. The second-order valence-corrected chi connectivity index (χ2v) is 10.5. The van der Waals surface area contributed by atoms with Gasteiger partial charge in [0.05, 0.1) is 12.4 Å². The van der Waals surface area contributed by atoms with E-state index in [2.05, 4.69) is 46.2 Å². The van der Waals surface area contributed by atoms with Crippen LogP contribution in [0.1, 0.15) is 72.1 Å². The number of allylic oxidation sites excluding steroid dienone is 2. The van der Waals surface area contributed by atoms with Gasteiger partial charge in [-0.2, -0.15) is 0 Å². The number of pyridine rings is 1. The van der Waals surface area contributed by atoms with Crippen molar-refractivity contribution in [3.8, 4) is 0 Å². The van der Waals surface area contributed by atoms with Gasteiger partial charge in [0.2, 0.25) is 0 Å². The summed E-state index contributed by atoms with van der Waals surface area (Å²) in [6.07, 6.45) is 8.12. The number of nitrogens with zero attached hydrogens (tertiary/aromatic N) is 3. The van der Waals surface area contributed by atoms with Crippen molar-refractivity contribution in [3.63, 3.8) is 0 Å². The van der Waals surface area contributed by atoms with E-state index in [0.29, 0.717) is 18.9 Å². The molecule has 1 heterocycles. The SMILES string of the molecule is C=C/C(C)=C\NC(C)=NC(CCN(CCCCc1ccc(CC)c(NC)n1)CCOC)C(=O)OC(C)(C)C. The summed E-state index contributed by atoms with van der Waals surface area (Å²) in [7, 11) is 3.63. The number of aromatic nitrogens is 1. The smallest absolute Gasteiger partial charge is 0.331 e. The van der Waals surface area contributed by atoms with E-state index in [1.165, 1.54) is 5.56 Å². The van der Waals surface area contributed by atoms with Gasteiger partial charge in [-0.3, -0.25) is 4.99 Å². The topological polar surface area (TPSA) is 88.1 Å². The van der Waals surface area contributed by atoms with Gasteiger partial charge in [0.15, 0.2) is 6.04 Å². The molecule has 214 valence electrons. The van der Waals surface area contributed by atoms with Crippen LogP contribution in [0.4, 0.5) is 5.82 Å². The third-order valence-electron chi connectivity index (χ3n) is 6.00. The van der Waals surface area contributed by atoms with E-state index in [0.717, 1.165) is 62.4 Å². The zero-order valence-electron chi connectivity index (χ0n) is 25.0. The molecule has 0 spiro atoms. The van der Waals surface area contributed by atoms with Crippen LogP contribution in [-0.2, 0) is 27.1 Å². The highest BCUT2D eigenvalue weighted by molar-refractivity contribution is 5.85. The molecule has 0 aliphatic heterocycles. The lowest BCUT2D eigenvalue weighted by Gasteiger charge is -2.26. The molecular formula is C30H51N5O3. The lowest BCUT2D eigenvalue weighted by Crippen LogP contribution is -2.36. The fraction of sp³-hybridized carbons (Fsp3) is 0.633. The number of amidine groups is 1. The molecule has 0 bridgehead atoms. The number of ether oxygens (including phenoxy) is 2. The van der Waals surface area contributed by atoms with Crippen molar-refractivity contribution in [2.45, 2.75) is 85.3 Å². The summed E-state index contributed by atoms with van der Waals surface area (Å²) in [5.41, 5.74) is 2.76. The van der Waals surface area contributed by atoms with Crippen molar-refractivity contribution < 1.29 is 14.3 Å².